The molecule has 1 unspecified atom stereocenters. The van der Waals surface area contributed by atoms with Gasteiger partial charge in [-0.25, -0.2) is 9.69 Å². The molecule has 0 bridgehead atoms. The fourth-order valence-electron chi connectivity index (χ4n) is 5.30. The predicted octanol–water partition coefficient (Wildman–Crippen LogP) is 7.44. The van der Waals surface area contributed by atoms with Gasteiger partial charge in [0.25, 0.3) is 11.8 Å². The third-order valence-electron chi connectivity index (χ3n) is 7.10. The summed E-state index contributed by atoms with van der Waals surface area (Å²) in [4.78, 5) is 45.0. The molecule has 0 radical (unpaired) electrons. The lowest BCUT2D eigenvalue weighted by molar-refractivity contribution is -0.124. The Morgan fingerprint density at radius 1 is 0.975 bits per heavy atom. The number of ether oxygens (including phenoxy) is 1. The van der Waals surface area contributed by atoms with E-state index in [1.165, 1.54) is 4.90 Å². The molecule has 208 valence electrons. The molecule has 3 aromatic rings. The number of benzene rings is 3. The summed E-state index contributed by atoms with van der Waals surface area (Å²) in [5, 5.41) is 1.86. The molecule has 0 aromatic heterocycles. The molecule has 6 nitrogen and oxygen atoms in total. The average molecular weight is 651 g/mol. The molecule has 0 spiro atoms. The highest BCUT2D eigenvalue weighted by Crippen LogP contribution is 2.33. The van der Waals surface area contributed by atoms with Gasteiger partial charge in [-0.05, 0) is 97.2 Å². The molecular weight excluding hydrogens is 615 g/mol. The average Bonchev–Trinajstić information content (AvgIpc) is 2.92. The number of hydrogen-bond acceptors (Lipinski definition) is 4. The van der Waals surface area contributed by atoms with Crippen LogP contribution in [0.1, 0.15) is 63.2 Å². The number of amides is 3. The molecular formula is C33H35IN2O4. The fourth-order valence-corrected chi connectivity index (χ4v) is 5.92. The molecule has 3 amide bonds. The summed E-state index contributed by atoms with van der Waals surface area (Å²) in [6.45, 7) is 5.23. The van der Waals surface area contributed by atoms with Crippen molar-refractivity contribution >= 4 is 57.0 Å². The zero-order chi connectivity index (χ0) is 28.9. The van der Waals surface area contributed by atoms with Gasteiger partial charge in [0.15, 0.2) is 0 Å². The second kappa shape index (κ2) is 12.9. The maximum Gasteiger partial charge on any atom is 0.421 e. The van der Waals surface area contributed by atoms with Crippen molar-refractivity contribution in [3.05, 3.63) is 75.9 Å². The highest BCUT2D eigenvalue weighted by Gasteiger charge is 2.43. The van der Waals surface area contributed by atoms with Crippen molar-refractivity contribution in [1.29, 1.82) is 0 Å². The molecule has 4 rings (SSSR count). The molecule has 1 saturated carbocycles. The third-order valence-corrected chi connectivity index (χ3v) is 8.04. The molecule has 40 heavy (non-hydrogen) atoms. The van der Waals surface area contributed by atoms with Crippen LogP contribution in [0, 0.1) is 21.8 Å². The van der Waals surface area contributed by atoms with Gasteiger partial charge in [0.1, 0.15) is 11.6 Å². The first kappa shape index (κ1) is 29.6. The molecule has 7 heteroatoms. The molecule has 1 fully saturated rings. The van der Waals surface area contributed by atoms with Crippen LogP contribution in [0.5, 0.6) is 0 Å². The van der Waals surface area contributed by atoms with Crippen molar-refractivity contribution in [2.75, 3.05) is 11.4 Å². The summed E-state index contributed by atoms with van der Waals surface area (Å²) in [6, 6.07) is 19.5. The minimum Gasteiger partial charge on any atom is -0.443 e. The summed E-state index contributed by atoms with van der Waals surface area (Å²) in [7, 11) is 0. The van der Waals surface area contributed by atoms with Gasteiger partial charge in [0, 0.05) is 3.57 Å². The number of fused-ring (bicyclic) bond motifs is 1. The van der Waals surface area contributed by atoms with Crippen molar-refractivity contribution in [3.8, 4) is 12.3 Å². The Bertz CT molecular complexity index is 1430. The zero-order valence-corrected chi connectivity index (χ0v) is 25.4. The van der Waals surface area contributed by atoms with E-state index in [1.54, 1.807) is 39.0 Å². The molecule has 0 aliphatic heterocycles. The zero-order valence-electron chi connectivity index (χ0n) is 23.2. The third kappa shape index (κ3) is 6.84. The summed E-state index contributed by atoms with van der Waals surface area (Å²) in [5.41, 5.74) is 0.0315. The van der Waals surface area contributed by atoms with Crippen LogP contribution < -0.4 is 4.90 Å². The van der Waals surface area contributed by atoms with Gasteiger partial charge in [-0.15, -0.1) is 6.42 Å². The van der Waals surface area contributed by atoms with Crippen LogP contribution in [0.15, 0.2) is 66.7 Å². The Hall–Kier alpha value is -3.38. The largest absolute Gasteiger partial charge is 0.443 e. The van der Waals surface area contributed by atoms with E-state index < -0.39 is 23.6 Å². The topological polar surface area (TPSA) is 66.9 Å². The lowest BCUT2D eigenvalue weighted by Crippen LogP contribution is -2.57. The predicted molar refractivity (Wildman–Crippen MR) is 167 cm³/mol. The Balaban J connectivity index is 1.85. The normalized spacial score (nSPS) is 14.7. The molecule has 1 aliphatic carbocycles. The van der Waals surface area contributed by atoms with Gasteiger partial charge in [-0.2, -0.15) is 0 Å². The first-order valence-electron chi connectivity index (χ1n) is 13.7. The van der Waals surface area contributed by atoms with E-state index in [1.807, 2.05) is 48.5 Å². The van der Waals surface area contributed by atoms with Crippen molar-refractivity contribution in [1.82, 2.24) is 4.90 Å². The number of nitrogens with zero attached hydrogens (tertiary/aromatic N) is 2. The van der Waals surface area contributed by atoms with Crippen LogP contribution >= 0.6 is 22.6 Å². The van der Waals surface area contributed by atoms with E-state index in [2.05, 4.69) is 28.5 Å². The smallest absolute Gasteiger partial charge is 0.421 e. The van der Waals surface area contributed by atoms with Gasteiger partial charge in [0.2, 0.25) is 0 Å². The Labute approximate surface area is 250 Å². The van der Waals surface area contributed by atoms with E-state index in [0.717, 1.165) is 51.3 Å². The second-order valence-corrected chi connectivity index (χ2v) is 12.3. The summed E-state index contributed by atoms with van der Waals surface area (Å²) < 4.78 is 6.51. The number of carbonyl (C=O) groups excluding carboxylic acids is 3. The van der Waals surface area contributed by atoms with Gasteiger partial charge < -0.3 is 9.64 Å². The minimum absolute atomic E-state index is 0.0589. The fraction of sp³-hybridized carbons (Fsp3) is 0.364. The Kier molecular flexibility index (Phi) is 9.52. The maximum atomic E-state index is 14.7. The van der Waals surface area contributed by atoms with E-state index in [9.17, 15) is 14.4 Å². The number of anilines is 1. The van der Waals surface area contributed by atoms with Gasteiger partial charge in [-0.1, -0.05) is 67.6 Å². The highest BCUT2D eigenvalue weighted by atomic mass is 127. The van der Waals surface area contributed by atoms with E-state index in [-0.39, 0.29) is 18.4 Å². The lowest BCUT2D eigenvalue weighted by atomic mass is 9.82. The maximum absolute atomic E-state index is 14.7. The number of imide groups is 1. The van der Waals surface area contributed by atoms with Crippen molar-refractivity contribution < 1.29 is 19.1 Å². The highest BCUT2D eigenvalue weighted by molar-refractivity contribution is 14.1. The van der Waals surface area contributed by atoms with Crippen LogP contribution in [-0.2, 0) is 9.53 Å². The molecule has 0 N–H and O–H groups in total. The molecule has 1 aliphatic rings. The van der Waals surface area contributed by atoms with Gasteiger partial charge >= 0.3 is 6.09 Å². The number of halogens is 1. The summed E-state index contributed by atoms with van der Waals surface area (Å²) in [6.07, 6.45) is 9.47. The molecule has 3 aromatic carbocycles. The Morgan fingerprint density at radius 3 is 2.27 bits per heavy atom. The van der Waals surface area contributed by atoms with E-state index in [0.29, 0.717) is 11.3 Å². The van der Waals surface area contributed by atoms with Crippen LogP contribution in [0.4, 0.5) is 10.5 Å². The van der Waals surface area contributed by atoms with Gasteiger partial charge in [-0.3, -0.25) is 9.59 Å². The lowest BCUT2D eigenvalue weighted by Gasteiger charge is -2.39. The number of rotatable bonds is 6. The van der Waals surface area contributed by atoms with E-state index >= 15 is 0 Å². The molecule has 0 heterocycles. The minimum atomic E-state index is -0.932. The van der Waals surface area contributed by atoms with Crippen LogP contribution in [-0.4, -0.2) is 41.0 Å². The summed E-state index contributed by atoms with van der Waals surface area (Å²) >= 11 is 2.12. The molecule has 0 saturated heterocycles. The first-order chi connectivity index (χ1) is 19.1. The monoisotopic (exact) mass is 650 g/mol. The Morgan fingerprint density at radius 2 is 1.62 bits per heavy atom. The number of terminal acetylenes is 1. The van der Waals surface area contributed by atoms with Crippen LogP contribution in [0.2, 0.25) is 0 Å². The van der Waals surface area contributed by atoms with Crippen LogP contribution in [0.3, 0.4) is 0 Å². The van der Waals surface area contributed by atoms with Gasteiger partial charge in [0.05, 0.1) is 17.8 Å². The van der Waals surface area contributed by atoms with Crippen molar-refractivity contribution in [2.45, 2.75) is 64.5 Å². The number of hydrogen-bond donors (Lipinski definition) is 0. The molecule has 1 atom stereocenters. The SMILES string of the molecule is C#CCN(C(=O)c1ccccc1I)C(C(=O)N(C(=O)OC(C)(C)C)c1ccc2ccccc2c1)C1CCCCC1. The van der Waals surface area contributed by atoms with Crippen LogP contribution in [0.25, 0.3) is 10.8 Å². The van der Waals surface area contributed by atoms with Crippen molar-refractivity contribution in [3.63, 3.8) is 0 Å². The standard InChI is InChI=1S/C33H35IN2O4/c1-5-21-35(30(37)27-17-11-12-18-28(27)34)29(24-14-7-6-8-15-24)31(38)36(32(39)40-33(2,3)4)26-20-19-23-13-9-10-16-25(23)22-26/h1,9-13,16-20,22,24,29H,6-8,14-15,21H2,2-4H3. The summed E-state index contributed by atoms with van der Waals surface area (Å²) in [5.74, 6) is 1.62. The second-order valence-electron chi connectivity index (χ2n) is 11.1. The number of carbonyl (C=O) groups is 3. The first-order valence-corrected chi connectivity index (χ1v) is 14.7. The van der Waals surface area contributed by atoms with Crippen molar-refractivity contribution in [2.24, 2.45) is 5.92 Å². The quantitative estimate of drug-likeness (QED) is 0.206. The van der Waals surface area contributed by atoms with E-state index in [4.69, 9.17) is 11.2 Å².